The van der Waals surface area contributed by atoms with Crippen molar-refractivity contribution in [3.8, 4) is 11.8 Å². The Kier molecular flexibility index (Phi) is 7.08. The first-order valence-corrected chi connectivity index (χ1v) is 10.3. The van der Waals surface area contributed by atoms with Gasteiger partial charge in [0.15, 0.2) is 0 Å². The van der Waals surface area contributed by atoms with Crippen molar-refractivity contribution in [3.63, 3.8) is 0 Å². The Labute approximate surface area is 167 Å². The van der Waals surface area contributed by atoms with Gasteiger partial charge in [-0.25, -0.2) is 0 Å². The van der Waals surface area contributed by atoms with E-state index in [2.05, 4.69) is 18.3 Å². The van der Waals surface area contributed by atoms with E-state index < -0.39 is 0 Å². The first-order chi connectivity index (χ1) is 13.7. The van der Waals surface area contributed by atoms with Crippen molar-refractivity contribution >= 4 is 22.8 Å². The van der Waals surface area contributed by atoms with Crippen LogP contribution < -0.4 is 10.1 Å². The average Bonchev–Trinajstić information content (AvgIpc) is 2.73. The molecule has 0 bridgehead atoms. The molecule has 1 aliphatic carbocycles. The third-order valence-corrected chi connectivity index (χ3v) is 5.28. The summed E-state index contributed by atoms with van der Waals surface area (Å²) in [7, 11) is 0. The summed E-state index contributed by atoms with van der Waals surface area (Å²) < 4.78 is 5.98. The van der Waals surface area contributed by atoms with Crippen LogP contribution in [0.3, 0.4) is 0 Å². The number of amides is 1. The molecule has 1 amide bonds. The Balaban J connectivity index is 1.93. The Hall–Kier alpha value is -2.80. The van der Waals surface area contributed by atoms with E-state index in [0.717, 1.165) is 54.9 Å². The lowest BCUT2D eigenvalue weighted by Crippen LogP contribution is -2.36. The normalized spacial score (nSPS) is 15.2. The molecule has 0 spiro atoms. The van der Waals surface area contributed by atoms with Gasteiger partial charge >= 0.3 is 0 Å². The summed E-state index contributed by atoms with van der Waals surface area (Å²) in [4.78, 5) is 12.7. The maximum atomic E-state index is 12.7. The molecule has 0 heterocycles. The number of nitrogens with one attached hydrogen (secondary N) is 1. The molecule has 0 aliphatic heterocycles. The van der Waals surface area contributed by atoms with Crippen molar-refractivity contribution in [2.24, 2.45) is 0 Å². The second-order valence-electron chi connectivity index (χ2n) is 7.38. The number of nitrogens with zero attached hydrogens (tertiary/aromatic N) is 1. The van der Waals surface area contributed by atoms with Crippen LogP contribution in [-0.4, -0.2) is 18.6 Å². The number of hydrogen-bond donors (Lipinski definition) is 1. The predicted molar refractivity (Wildman–Crippen MR) is 113 cm³/mol. The number of unbranched alkanes of at least 4 members (excludes halogenated alkanes) is 1. The fraction of sp³-hybridized carbons (Fsp3) is 0.417. The van der Waals surface area contributed by atoms with E-state index >= 15 is 0 Å². The maximum Gasteiger partial charge on any atom is 0.262 e. The zero-order valence-corrected chi connectivity index (χ0v) is 16.5. The van der Waals surface area contributed by atoms with E-state index in [1.807, 2.05) is 36.4 Å². The van der Waals surface area contributed by atoms with Gasteiger partial charge in [-0.2, -0.15) is 5.26 Å². The minimum atomic E-state index is -0.290. The molecule has 0 aromatic heterocycles. The number of benzene rings is 2. The number of carbonyl (C=O) groups excluding carboxylic acids is 1. The largest absolute Gasteiger partial charge is 0.493 e. The fourth-order valence-corrected chi connectivity index (χ4v) is 3.68. The minimum absolute atomic E-state index is 0.127. The summed E-state index contributed by atoms with van der Waals surface area (Å²) in [5.41, 5.74) is 0.923. The molecule has 1 saturated carbocycles. The van der Waals surface area contributed by atoms with E-state index in [9.17, 15) is 10.1 Å². The van der Waals surface area contributed by atoms with Gasteiger partial charge in [0.25, 0.3) is 5.91 Å². The van der Waals surface area contributed by atoms with Gasteiger partial charge in [0.2, 0.25) is 0 Å². The molecule has 0 atom stereocenters. The SMILES string of the molecule is CCCCOc1ccc2ccccc2c1/C=C(/C#N)C(=O)NC1CCCCC1. The molecule has 3 rings (SSSR count). The summed E-state index contributed by atoms with van der Waals surface area (Å²) in [6.45, 7) is 2.74. The summed E-state index contributed by atoms with van der Waals surface area (Å²) in [6.07, 6.45) is 9.16. The lowest BCUT2D eigenvalue weighted by Gasteiger charge is -2.22. The zero-order valence-electron chi connectivity index (χ0n) is 16.5. The number of rotatable bonds is 7. The first kappa shape index (κ1) is 19.9. The lowest BCUT2D eigenvalue weighted by molar-refractivity contribution is -0.117. The third kappa shape index (κ3) is 4.92. The molecule has 2 aromatic rings. The molecule has 0 radical (unpaired) electrons. The first-order valence-electron chi connectivity index (χ1n) is 10.3. The van der Waals surface area contributed by atoms with E-state index in [1.165, 1.54) is 6.42 Å². The van der Waals surface area contributed by atoms with Gasteiger partial charge in [-0.3, -0.25) is 4.79 Å². The molecule has 1 N–H and O–H groups in total. The standard InChI is InChI=1S/C24H28N2O2/c1-2-3-15-28-23-14-13-18-9-7-8-12-21(18)22(23)16-19(17-25)24(27)26-20-10-5-4-6-11-20/h7-9,12-14,16,20H,2-6,10-11,15H2,1H3,(H,26,27)/b19-16-. The molecule has 4 nitrogen and oxygen atoms in total. The van der Waals surface area contributed by atoms with Crippen LogP contribution in [0.1, 0.15) is 57.4 Å². The highest BCUT2D eigenvalue weighted by Gasteiger charge is 2.19. The number of hydrogen-bond acceptors (Lipinski definition) is 3. The highest BCUT2D eigenvalue weighted by molar-refractivity contribution is 6.05. The van der Waals surface area contributed by atoms with Gasteiger partial charge in [0, 0.05) is 11.6 Å². The molecule has 1 fully saturated rings. The predicted octanol–water partition coefficient (Wildman–Crippen LogP) is 5.37. The summed E-state index contributed by atoms with van der Waals surface area (Å²) in [5, 5.41) is 14.7. The minimum Gasteiger partial charge on any atom is -0.493 e. The van der Waals surface area contributed by atoms with E-state index in [1.54, 1.807) is 6.08 Å². The van der Waals surface area contributed by atoms with E-state index in [0.29, 0.717) is 12.4 Å². The molecule has 0 saturated heterocycles. The number of ether oxygens (including phenoxy) is 1. The summed E-state index contributed by atoms with van der Waals surface area (Å²) in [5.74, 6) is 0.423. The monoisotopic (exact) mass is 376 g/mol. The molecule has 0 unspecified atom stereocenters. The smallest absolute Gasteiger partial charge is 0.262 e. The van der Waals surface area contributed by atoms with Crippen LogP contribution in [-0.2, 0) is 4.79 Å². The Morgan fingerprint density at radius 3 is 2.75 bits per heavy atom. The molecule has 28 heavy (non-hydrogen) atoms. The quantitative estimate of drug-likeness (QED) is 0.401. The highest BCUT2D eigenvalue weighted by atomic mass is 16.5. The van der Waals surface area contributed by atoms with Crippen molar-refractivity contribution in [2.45, 2.75) is 57.9 Å². The van der Waals surface area contributed by atoms with Crippen molar-refractivity contribution < 1.29 is 9.53 Å². The molecule has 146 valence electrons. The molecular formula is C24H28N2O2. The van der Waals surface area contributed by atoms with E-state index in [-0.39, 0.29) is 17.5 Å². The average molecular weight is 377 g/mol. The molecule has 2 aromatic carbocycles. The van der Waals surface area contributed by atoms with Gasteiger partial charge in [-0.1, -0.05) is 62.9 Å². The van der Waals surface area contributed by atoms with Crippen molar-refractivity contribution in [3.05, 3.63) is 47.5 Å². The fourth-order valence-electron chi connectivity index (χ4n) is 3.68. The Bertz CT molecular complexity index is 889. The second-order valence-corrected chi connectivity index (χ2v) is 7.38. The summed E-state index contributed by atoms with van der Waals surface area (Å²) >= 11 is 0. The van der Waals surface area contributed by atoms with Crippen LogP contribution in [0, 0.1) is 11.3 Å². The van der Waals surface area contributed by atoms with Crippen LogP contribution in [0.15, 0.2) is 42.0 Å². The van der Waals surface area contributed by atoms with Gasteiger partial charge in [0.05, 0.1) is 6.61 Å². The Morgan fingerprint density at radius 2 is 2.00 bits per heavy atom. The topological polar surface area (TPSA) is 62.1 Å². The molecule has 4 heteroatoms. The van der Waals surface area contributed by atoms with Crippen molar-refractivity contribution in [1.82, 2.24) is 5.32 Å². The van der Waals surface area contributed by atoms with Gasteiger partial charge in [0.1, 0.15) is 17.4 Å². The highest BCUT2D eigenvalue weighted by Crippen LogP contribution is 2.30. The molecule has 1 aliphatic rings. The van der Waals surface area contributed by atoms with Gasteiger partial charge < -0.3 is 10.1 Å². The van der Waals surface area contributed by atoms with Gasteiger partial charge in [-0.05, 0) is 42.2 Å². The number of fused-ring (bicyclic) bond motifs is 1. The zero-order chi connectivity index (χ0) is 19.8. The van der Waals surface area contributed by atoms with Crippen LogP contribution in [0.2, 0.25) is 0 Å². The van der Waals surface area contributed by atoms with Crippen LogP contribution in [0.5, 0.6) is 5.75 Å². The second kappa shape index (κ2) is 9.94. The van der Waals surface area contributed by atoms with E-state index in [4.69, 9.17) is 4.74 Å². The summed E-state index contributed by atoms with van der Waals surface area (Å²) in [6, 6.07) is 14.2. The van der Waals surface area contributed by atoms with Crippen molar-refractivity contribution in [1.29, 1.82) is 5.26 Å². The van der Waals surface area contributed by atoms with Gasteiger partial charge in [-0.15, -0.1) is 0 Å². The maximum absolute atomic E-state index is 12.7. The van der Waals surface area contributed by atoms with Crippen LogP contribution >= 0.6 is 0 Å². The van der Waals surface area contributed by atoms with Crippen LogP contribution in [0.25, 0.3) is 16.8 Å². The Morgan fingerprint density at radius 1 is 1.21 bits per heavy atom. The number of carbonyl (C=O) groups is 1. The van der Waals surface area contributed by atoms with Crippen molar-refractivity contribution in [2.75, 3.05) is 6.61 Å². The third-order valence-electron chi connectivity index (χ3n) is 5.28. The molecular weight excluding hydrogens is 348 g/mol. The lowest BCUT2D eigenvalue weighted by atomic mass is 9.95. The van der Waals surface area contributed by atoms with Crippen LogP contribution in [0.4, 0.5) is 0 Å². The number of nitriles is 1.